The van der Waals surface area contributed by atoms with Crippen molar-refractivity contribution in [2.24, 2.45) is 11.3 Å². The first-order valence-corrected chi connectivity index (χ1v) is 9.14. The van der Waals surface area contributed by atoms with Crippen molar-refractivity contribution in [3.05, 3.63) is 42.1 Å². The van der Waals surface area contributed by atoms with Crippen LogP contribution in [0.25, 0.3) is 5.82 Å². The Bertz CT molecular complexity index is 771. The molecule has 1 aliphatic carbocycles. The van der Waals surface area contributed by atoms with E-state index in [0.29, 0.717) is 12.5 Å². The van der Waals surface area contributed by atoms with Crippen LogP contribution < -0.4 is 10.6 Å². The zero-order chi connectivity index (χ0) is 17.3. The van der Waals surface area contributed by atoms with Crippen molar-refractivity contribution in [3.63, 3.8) is 0 Å². The molecule has 0 radical (unpaired) electrons. The van der Waals surface area contributed by atoms with Gasteiger partial charge in [0.1, 0.15) is 11.6 Å². The van der Waals surface area contributed by atoms with E-state index in [2.05, 4.69) is 20.6 Å². The lowest BCUT2D eigenvalue weighted by Gasteiger charge is -2.37. The van der Waals surface area contributed by atoms with Gasteiger partial charge in [-0.25, -0.2) is 9.97 Å². The van der Waals surface area contributed by atoms with Crippen LogP contribution in [0.2, 0.25) is 0 Å². The molecule has 132 valence electrons. The zero-order valence-corrected chi connectivity index (χ0v) is 14.7. The first-order chi connectivity index (χ1) is 12.2. The van der Waals surface area contributed by atoms with E-state index < -0.39 is 0 Å². The highest BCUT2D eigenvalue weighted by Gasteiger charge is 2.49. The van der Waals surface area contributed by atoms with E-state index in [4.69, 9.17) is 0 Å². The molecule has 4 rings (SSSR count). The quantitative estimate of drug-likeness (QED) is 0.893. The summed E-state index contributed by atoms with van der Waals surface area (Å²) in [7, 11) is 0. The first kappa shape index (κ1) is 16.3. The highest BCUT2D eigenvalue weighted by Crippen LogP contribution is 2.43. The van der Waals surface area contributed by atoms with Crippen molar-refractivity contribution in [1.29, 1.82) is 0 Å². The van der Waals surface area contributed by atoms with Crippen LogP contribution in [0.15, 0.2) is 30.7 Å². The summed E-state index contributed by atoms with van der Waals surface area (Å²) in [6, 6.07) is 3.93. The minimum Gasteiger partial charge on any atom is -0.351 e. The van der Waals surface area contributed by atoms with Crippen LogP contribution in [-0.4, -0.2) is 33.5 Å². The third-order valence-corrected chi connectivity index (χ3v) is 5.85. The van der Waals surface area contributed by atoms with Crippen LogP contribution in [0.4, 0.5) is 0 Å². The molecule has 1 saturated carbocycles. The number of amides is 1. The Balaban J connectivity index is 1.52. The van der Waals surface area contributed by atoms with Gasteiger partial charge in [-0.3, -0.25) is 9.36 Å². The molecule has 0 aromatic carbocycles. The van der Waals surface area contributed by atoms with Crippen LogP contribution in [0.3, 0.4) is 0 Å². The molecule has 6 heteroatoms. The SMILES string of the molecule is Cc1nccn1-c1ncccc1CNC(=O)[C@@]12CCCC[C@H]1CNC2. The van der Waals surface area contributed by atoms with Crippen LogP contribution in [-0.2, 0) is 11.3 Å². The fourth-order valence-corrected chi connectivity index (χ4v) is 4.43. The molecule has 1 aliphatic heterocycles. The van der Waals surface area contributed by atoms with E-state index in [0.717, 1.165) is 49.6 Å². The molecule has 1 saturated heterocycles. The maximum Gasteiger partial charge on any atom is 0.228 e. The molecule has 25 heavy (non-hydrogen) atoms. The summed E-state index contributed by atoms with van der Waals surface area (Å²) in [6.07, 6.45) is 9.99. The largest absolute Gasteiger partial charge is 0.351 e. The topological polar surface area (TPSA) is 71.8 Å². The number of pyridine rings is 1. The number of rotatable bonds is 4. The Morgan fingerprint density at radius 2 is 2.32 bits per heavy atom. The smallest absolute Gasteiger partial charge is 0.228 e. The summed E-state index contributed by atoms with van der Waals surface area (Å²) in [6.45, 7) is 4.23. The normalized spacial score (nSPS) is 25.6. The summed E-state index contributed by atoms with van der Waals surface area (Å²) in [5.41, 5.74) is 0.789. The minimum atomic E-state index is -0.217. The summed E-state index contributed by atoms with van der Waals surface area (Å²) in [5.74, 6) is 2.39. The lowest BCUT2D eigenvalue weighted by molar-refractivity contribution is -0.134. The van der Waals surface area contributed by atoms with E-state index in [1.165, 1.54) is 6.42 Å². The molecule has 0 unspecified atom stereocenters. The van der Waals surface area contributed by atoms with Crippen molar-refractivity contribution in [3.8, 4) is 5.82 Å². The molecular weight excluding hydrogens is 314 g/mol. The maximum atomic E-state index is 13.0. The summed E-state index contributed by atoms with van der Waals surface area (Å²) in [4.78, 5) is 21.8. The van der Waals surface area contributed by atoms with Crippen LogP contribution in [0, 0.1) is 18.3 Å². The van der Waals surface area contributed by atoms with E-state index in [-0.39, 0.29) is 11.3 Å². The van der Waals surface area contributed by atoms with Gasteiger partial charge in [0.2, 0.25) is 5.91 Å². The second-order valence-corrected chi connectivity index (χ2v) is 7.24. The van der Waals surface area contributed by atoms with Gasteiger partial charge in [-0.15, -0.1) is 0 Å². The Labute approximate surface area is 148 Å². The molecule has 2 aromatic rings. The van der Waals surface area contributed by atoms with Crippen LogP contribution in [0.1, 0.15) is 37.1 Å². The minimum absolute atomic E-state index is 0.194. The molecule has 2 aliphatic rings. The number of nitrogens with one attached hydrogen (secondary N) is 2. The Hall–Kier alpha value is -2.21. The lowest BCUT2D eigenvalue weighted by atomic mass is 9.67. The molecule has 2 atom stereocenters. The number of carbonyl (C=O) groups excluding carboxylic acids is 1. The number of nitrogens with zero attached hydrogens (tertiary/aromatic N) is 3. The zero-order valence-electron chi connectivity index (χ0n) is 14.7. The van der Waals surface area contributed by atoms with Gasteiger partial charge in [-0.1, -0.05) is 18.9 Å². The molecule has 2 fully saturated rings. The molecule has 2 N–H and O–H groups in total. The number of aromatic nitrogens is 3. The summed E-state index contributed by atoms with van der Waals surface area (Å²) < 4.78 is 1.96. The van der Waals surface area contributed by atoms with Gasteiger partial charge in [-0.2, -0.15) is 0 Å². The Kier molecular flexibility index (Phi) is 4.29. The number of hydrogen-bond acceptors (Lipinski definition) is 4. The maximum absolute atomic E-state index is 13.0. The summed E-state index contributed by atoms with van der Waals surface area (Å²) >= 11 is 0. The van der Waals surface area contributed by atoms with Crippen molar-refractivity contribution >= 4 is 5.91 Å². The number of hydrogen-bond donors (Lipinski definition) is 2. The van der Waals surface area contributed by atoms with Crippen molar-refractivity contribution in [2.45, 2.75) is 39.2 Å². The predicted molar refractivity (Wildman–Crippen MR) is 95.2 cm³/mol. The molecule has 0 bridgehead atoms. The highest BCUT2D eigenvalue weighted by molar-refractivity contribution is 5.84. The third kappa shape index (κ3) is 2.84. The van der Waals surface area contributed by atoms with E-state index in [1.807, 2.05) is 29.8 Å². The van der Waals surface area contributed by atoms with Crippen molar-refractivity contribution in [1.82, 2.24) is 25.2 Å². The molecular formula is C19H25N5O. The predicted octanol–water partition coefficient (Wildman–Crippen LogP) is 1.97. The van der Waals surface area contributed by atoms with E-state index in [9.17, 15) is 4.79 Å². The first-order valence-electron chi connectivity index (χ1n) is 9.14. The van der Waals surface area contributed by atoms with Crippen molar-refractivity contribution < 1.29 is 4.79 Å². The average Bonchev–Trinajstić information content (AvgIpc) is 3.26. The molecule has 2 aromatic heterocycles. The third-order valence-electron chi connectivity index (χ3n) is 5.85. The van der Waals surface area contributed by atoms with E-state index in [1.54, 1.807) is 12.4 Å². The second kappa shape index (κ2) is 6.59. The van der Waals surface area contributed by atoms with Gasteiger partial charge in [0.15, 0.2) is 0 Å². The molecule has 3 heterocycles. The standard InChI is InChI=1S/C19H25N5O/c1-14-21-9-10-24(14)17-15(5-4-8-22-17)11-23-18(25)19-7-3-2-6-16(19)12-20-13-19/h4-5,8-10,16,20H,2-3,6-7,11-13H2,1H3,(H,23,25)/t16-,19+/m0/s1. The van der Waals surface area contributed by atoms with Crippen LogP contribution >= 0.6 is 0 Å². The number of carbonyl (C=O) groups is 1. The molecule has 1 amide bonds. The number of aryl methyl sites for hydroxylation is 1. The molecule has 6 nitrogen and oxygen atoms in total. The Morgan fingerprint density at radius 1 is 1.40 bits per heavy atom. The fraction of sp³-hybridized carbons (Fsp3) is 0.526. The van der Waals surface area contributed by atoms with E-state index >= 15 is 0 Å². The van der Waals surface area contributed by atoms with Gasteiger partial charge < -0.3 is 10.6 Å². The van der Waals surface area contributed by atoms with Crippen molar-refractivity contribution in [2.75, 3.05) is 13.1 Å². The monoisotopic (exact) mass is 339 g/mol. The van der Waals surface area contributed by atoms with Gasteiger partial charge in [0, 0.05) is 37.2 Å². The fourth-order valence-electron chi connectivity index (χ4n) is 4.43. The highest BCUT2D eigenvalue weighted by atomic mass is 16.2. The number of fused-ring (bicyclic) bond motifs is 1. The lowest BCUT2D eigenvalue weighted by Crippen LogP contribution is -2.47. The van der Waals surface area contributed by atoms with Gasteiger partial charge in [-0.05, 0) is 38.3 Å². The number of imidazole rings is 1. The molecule has 0 spiro atoms. The van der Waals surface area contributed by atoms with Gasteiger partial charge >= 0.3 is 0 Å². The Morgan fingerprint density at radius 3 is 3.16 bits per heavy atom. The van der Waals surface area contributed by atoms with Gasteiger partial charge in [0.25, 0.3) is 0 Å². The summed E-state index contributed by atoms with van der Waals surface area (Å²) in [5, 5.41) is 6.64. The van der Waals surface area contributed by atoms with Crippen LogP contribution in [0.5, 0.6) is 0 Å². The second-order valence-electron chi connectivity index (χ2n) is 7.24. The average molecular weight is 339 g/mol. The van der Waals surface area contributed by atoms with Gasteiger partial charge in [0.05, 0.1) is 5.41 Å².